The molecule has 0 saturated heterocycles. The molecular formula is C12H21NO4. The van der Waals surface area contributed by atoms with Gasteiger partial charge in [-0.3, -0.25) is 0 Å². The fraction of sp³-hybridized carbons (Fsp3) is 0.833. The van der Waals surface area contributed by atoms with Gasteiger partial charge in [-0.05, 0) is 45.4 Å². The highest BCUT2D eigenvalue weighted by Crippen LogP contribution is 2.48. The van der Waals surface area contributed by atoms with Crippen LogP contribution in [0.1, 0.15) is 47.0 Å². The number of hydrogen-bond acceptors (Lipinski definition) is 3. The van der Waals surface area contributed by atoms with Crippen molar-refractivity contribution in [2.45, 2.75) is 58.6 Å². The van der Waals surface area contributed by atoms with Gasteiger partial charge in [0.25, 0.3) is 0 Å². The minimum absolute atomic E-state index is 0.0675. The third kappa shape index (κ3) is 5.06. The molecule has 1 aliphatic carbocycles. The van der Waals surface area contributed by atoms with Crippen molar-refractivity contribution in [2.75, 3.05) is 0 Å². The first-order valence-corrected chi connectivity index (χ1v) is 5.84. The van der Waals surface area contributed by atoms with Crippen LogP contribution < -0.4 is 5.32 Å². The summed E-state index contributed by atoms with van der Waals surface area (Å²) in [6.45, 7) is 7.25. The van der Waals surface area contributed by atoms with Gasteiger partial charge in [0, 0.05) is 0 Å². The Morgan fingerprint density at radius 1 is 1.41 bits per heavy atom. The molecule has 5 nitrogen and oxygen atoms in total. The van der Waals surface area contributed by atoms with Crippen LogP contribution in [0.3, 0.4) is 0 Å². The van der Waals surface area contributed by atoms with E-state index in [2.05, 4.69) is 5.32 Å². The molecule has 1 saturated carbocycles. The largest absolute Gasteiger partial charge is 0.480 e. The fourth-order valence-electron chi connectivity index (χ4n) is 1.56. The first-order chi connectivity index (χ1) is 7.61. The first-order valence-electron chi connectivity index (χ1n) is 5.84. The molecule has 1 atom stereocenters. The number of rotatable bonds is 4. The molecule has 0 aromatic rings. The summed E-state index contributed by atoms with van der Waals surface area (Å²) in [5.74, 6) is -1.01. The highest BCUT2D eigenvalue weighted by molar-refractivity contribution is 5.80. The Morgan fingerprint density at radius 3 is 2.29 bits per heavy atom. The average molecular weight is 243 g/mol. The Balaban J connectivity index is 2.49. The molecule has 98 valence electrons. The van der Waals surface area contributed by atoms with Crippen LogP contribution >= 0.6 is 0 Å². The molecule has 0 spiro atoms. The normalized spacial score (nSPS) is 19.3. The Hall–Kier alpha value is -1.26. The van der Waals surface area contributed by atoms with Gasteiger partial charge < -0.3 is 15.2 Å². The molecule has 1 fully saturated rings. The molecule has 0 aliphatic heterocycles. The van der Waals surface area contributed by atoms with E-state index in [4.69, 9.17) is 9.84 Å². The maximum absolute atomic E-state index is 11.5. The van der Waals surface area contributed by atoms with Crippen LogP contribution in [0.15, 0.2) is 0 Å². The molecule has 17 heavy (non-hydrogen) atoms. The van der Waals surface area contributed by atoms with Crippen molar-refractivity contribution in [1.82, 2.24) is 5.32 Å². The number of nitrogens with one attached hydrogen (secondary N) is 1. The molecule has 0 heterocycles. The second-order valence-electron chi connectivity index (χ2n) is 6.05. The zero-order valence-corrected chi connectivity index (χ0v) is 10.9. The summed E-state index contributed by atoms with van der Waals surface area (Å²) < 4.78 is 5.04. The number of aliphatic carboxylic acids is 1. The fourth-order valence-corrected chi connectivity index (χ4v) is 1.56. The van der Waals surface area contributed by atoms with Crippen molar-refractivity contribution >= 4 is 12.1 Å². The number of hydrogen-bond donors (Lipinski definition) is 2. The second kappa shape index (κ2) is 4.55. The SMILES string of the molecule is CC1(C[C@H](NC(=O)OC(C)(C)C)C(=O)O)CC1. The standard InChI is InChI=1S/C12H21NO4/c1-11(2,3)17-10(16)13-8(9(14)15)7-12(4)5-6-12/h8H,5-7H2,1-4H3,(H,13,16)(H,14,15)/t8-/m0/s1. The van der Waals surface area contributed by atoms with Gasteiger partial charge in [-0.25, -0.2) is 9.59 Å². The summed E-state index contributed by atoms with van der Waals surface area (Å²) in [7, 11) is 0. The van der Waals surface area contributed by atoms with E-state index in [9.17, 15) is 9.59 Å². The molecule has 0 aromatic heterocycles. The minimum Gasteiger partial charge on any atom is -0.480 e. The van der Waals surface area contributed by atoms with Gasteiger partial charge in [0.05, 0.1) is 0 Å². The maximum Gasteiger partial charge on any atom is 0.408 e. The molecule has 2 N–H and O–H groups in total. The zero-order chi connectivity index (χ0) is 13.3. The topological polar surface area (TPSA) is 75.6 Å². The molecule has 0 radical (unpaired) electrons. The van der Waals surface area contributed by atoms with Crippen molar-refractivity contribution in [3.05, 3.63) is 0 Å². The number of alkyl carbamates (subject to hydrolysis) is 1. The van der Waals surface area contributed by atoms with Crippen LogP contribution in [0.25, 0.3) is 0 Å². The maximum atomic E-state index is 11.5. The van der Waals surface area contributed by atoms with Crippen LogP contribution in [0.4, 0.5) is 4.79 Å². The quantitative estimate of drug-likeness (QED) is 0.793. The minimum atomic E-state index is -1.01. The summed E-state index contributed by atoms with van der Waals surface area (Å²) in [6.07, 6.45) is 1.83. The van der Waals surface area contributed by atoms with Crippen molar-refractivity contribution in [1.29, 1.82) is 0 Å². The number of carbonyl (C=O) groups is 2. The van der Waals surface area contributed by atoms with Crippen molar-refractivity contribution in [3.63, 3.8) is 0 Å². The number of ether oxygens (including phenoxy) is 1. The second-order valence-corrected chi connectivity index (χ2v) is 6.05. The van der Waals surface area contributed by atoms with E-state index in [0.717, 1.165) is 12.8 Å². The lowest BCUT2D eigenvalue weighted by molar-refractivity contribution is -0.140. The predicted molar refractivity (Wildman–Crippen MR) is 62.8 cm³/mol. The smallest absolute Gasteiger partial charge is 0.408 e. The summed E-state index contributed by atoms with van der Waals surface area (Å²) >= 11 is 0. The molecule has 1 aliphatic rings. The van der Waals surface area contributed by atoms with Gasteiger partial charge in [-0.15, -0.1) is 0 Å². The van der Waals surface area contributed by atoms with Crippen LogP contribution in [-0.4, -0.2) is 28.8 Å². The highest BCUT2D eigenvalue weighted by Gasteiger charge is 2.41. The monoisotopic (exact) mass is 243 g/mol. The van der Waals surface area contributed by atoms with Gasteiger partial charge in [-0.1, -0.05) is 6.92 Å². The first kappa shape index (κ1) is 13.8. The van der Waals surface area contributed by atoms with E-state index >= 15 is 0 Å². The molecule has 5 heteroatoms. The van der Waals surface area contributed by atoms with Gasteiger partial charge in [0.2, 0.25) is 0 Å². The van der Waals surface area contributed by atoms with Crippen LogP contribution in [0.2, 0.25) is 0 Å². The predicted octanol–water partition coefficient (Wildman–Crippen LogP) is 2.15. The lowest BCUT2D eigenvalue weighted by atomic mass is 9.99. The number of amides is 1. The van der Waals surface area contributed by atoms with E-state index in [0.29, 0.717) is 6.42 Å². The third-order valence-electron chi connectivity index (χ3n) is 2.79. The summed E-state index contributed by atoms with van der Waals surface area (Å²) in [4.78, 5) is 22.5. The molecule has 1 rings (SSSR count). The Kier molecular flexibility index (Phi) is 3.69. The summed E-state index contributed by atoms with van der Waals surface area (Å²) in [5.41, 5.74) is -0.547. The molecule has 1 amide bonds. The van der Waals surface area contributed by atoms with Gasteiger partial charge >= 0.3 is 12.1 Å². The lowest BCUT2D eigenvalue weighted by Crippen LogP contribution is -2.44. The van der Waals surface area contributed by atoms with E-state index in [1.54, 1.807) is 20.8 Å². The van der Waals surface area contributed by atoms with Gasteiger partial charge in [0.15, 0.2) is 0 Å². The zero-order valence-electron chi connectivity index (χ0n) is 10.9. The van der Waals surface area contributed by atoms with Crippen LogP contribution in [-0.2, 0) is 9.53 Å². The van der Waals surface area contributed by atoms with Crippen molar-refractivity contribution < 1.29 is 19.4 Å². The Bertz CT molecular complexity index is 315. The van der Waals surface area contributed by atoms with Crippen LogP contribution in [0.5, 0.6) is 0 Å². The summed E-state index contributed by atoms with van der Waals surface area (Å²) in [6, 6.07) is -0.864. The van der Waals surface area contributed by atoms with Crippen molar-refractivity contribution in [2.24, 2.45) is 5.41 Å². The van der Waals surface area contributed by atoms with E-state index in [1.165, 1.54) is 0 Å². The molecule has 0 bridgehead atoms. The van der Waals surface area contributed by atoms with E-state index in [-0.39, 0.29) is 5.41 Å². The molecule has 0 unspecified atom stereocenters. The van der Waals surface area contributed by atoms with Gasteiger partial charge in [0.1, 0.15) is 11.6 Å². The average Bonchev–Trinajstić information content (AvgIpc) is 2.78. The number of carboxylic acids is 1. The van der Waals surface area contributed by atoms with Crippen LogP contribution in [0, 0.1) is 5.41 Å². The van der Waals surface area contributed by atoms with Gasteiger partial charge in [-0.2, -0.15) is 0 Å². The Labute approximate surface area is 102 Å². The lowest BCUT2D eigenvalue weighted by Gasteiger charge is -2.23. The third-order valence-corrected chi connectivity index (χ3v) is 2.79. The number of carbonyl (C=O) groups excluding carboxylic acids is 1. The molecule has 0 aromatic carbocycles. The van der Waals surface area contributed by atoms with Crippen molar-refractivity contribution in [3.8, 4) is 0 Å². The molecular weight excluding hydrogens is 222 g/mol. The van der Waals surface area contributed by atoms with E-state index in [1.807, 2.05) is 6.92 Å². The summed E-state index contributed by atoms with van der Waals surface area (Å²) in [5, 5.41) is 11.5. The highest BCUT2D eigenvalue weighted by atomic mass is 16.6. The Morgan fingerprint density at radius 2 is 1.94 bits per heavy atom. The number of carboxylic acid groups (broad SMARTS) is 1. The van der Waals surface area contributed by atoms with E-state index < -0.39 is 23.7 Å².